The van der Waals surface area contributed by atoms with Gasteiger partial charge in [0.15, 0.2) is 5.72 Å². The Bertz CT molecular complexity index is 2540. The molecule has 1 aromatic carbocycles. The number of anilines is 1. The second-order valence-corrected chi connectivity index (χ2v) is 20.7. The lowest BCUT2D eigenvalue weighted by molar-refractivity contribution is -0.199. The molecule has 78 heavy (non-hydrogen) atoms. The molecule has 6 rings (SSSR count). The first-order valence-electron chi connectivity index (χ1n) is 25.8. The zero-order valence-corrected chi connectivity index (χ0v) is 46.2. The van der Waals surface area contributed by atoms with E-state index in [9.17, 15) is 48.3 Å². The minimum absolute atomic E-state index is 0.143. The number of hydroxylamine groups is 2. The highest BCUT2D eigenvalue weighted by Gasteiger charge is 2.64. The highest BCUT2D eigenvalue weighted by molar-refractivity contribution is 6.35. The zero-order chi connectivity index (χ0) is 57.2. The van der Waals surface area contributed by atoms with Crippen molar-refractivity contribution in [2.24, 2.45) is 5.92 Å². The van der Waals surface area contributed by atoms with E-state index in [2.05, 4.69) is 10.6 Å². The molecule has 1 aliphatic carbocycles. The van der Waals surface area contributed by atoms with Gasteiger partial charge in [-0.1, -0.05) is 54.8 Å². The van der Waals surface area contributed by atoms with Crippen LogP contribution in [0, 0.1) is 5.92 Å². The first-order chi connectivity index (χ1) is 36.9. The van der Waals surface area contributed by atoms with Crippen LogP contribution in [0.5, 0.6) is 5.75 Å². The van der Waals surface area contributed by atoms with Crippen LogP contribution in [0.3, 0.4) is 0 Å². The predicted molar refractivity (Wildman–Crippen MR) is 276 cm³/mol. The number of halogens is 1. The summed E-state index contributed by atoms with van der Waals surface area (Å²) in [6.07, 6.45) is 4.32. The van der Waals surface area contributed by atoms with Gasteiger partial charge in [-0.15, -0.1) is 5.06 Å². The van der Waals surface area contributed by atoms with Crippen molar-refractivity contribution in [1.29, 1.82) is 0 Å². The zero-order valence-electron chi connectivity index (χ0n) is 45.4. The number of allylic oxidation sites excluding steroid dienone is 4. The molecule has 7 amide bonds. The summed E-state index contributed by atoms with van der Waals surface area (Å²) in [7, 11) is 6.95. The minimum Gasteiger partial charge on any atom is -0.495 e. The molecule has 4 aliphatic heterocycles. The number of benzene rings is 1. The summed E-state index contributed by atoms with van der Waals surface area (Å²) in [5.74, 6) is -5.39. The average molecular weight is 1120 g/mol. The molecule has 428 valence electrons. The third-order valence-electron chi connectivity index (χ3n) is 14.6. The Morgan fingerprint density at radius 1 is 1.00 bits per heavy atom. The summed E-state index contributed by atoms with van der Waals surface area (Å²) in [6, 6.07) is 0.478. The Labute approximate surface area is 457 Å². The molecular formula is C53H71ClN6O18. The number of hydrogen-bond donors (Lipinski definition) is 3. The van der Waals surface area contributed by atoms with Crippen LogP contribution in [0.15, 0.2) is 48.1 Å². The third kappa shape index (κ3) is 14.9. The van der Waals surface area contributed by atoms with Crippen molar-refractivity contribution >= 4 is 71.1 Å². The van der Waals surface area contributed by atoms with E-state index in [4.69, 9.17) is 49.6 Å². The largest absolute Gasteiger partial charge is 0.495 e. The van der Waals surface area contributed by atoms with E-state index in [0.717, 1.165) is 46.6 Å². The fourth-order valence-electron chi connectivity index (χ4n) is 9.59. The van der Waals surface area contributed by atoms with Gasteiger partial charge in [0, 0.05) is 53.4 Å². The van der Waals surface area contributed by atoms with Crippen LogP contribution in [-0.2, 0) is 68.4 Å². The van der Waals surface area contributed by atoms with Gasteiger partial charge in [-0.3, -0.25) is 24.5 Å². The van der Waals surface area contributed by atoms with Gasteiger partial charge in [0.05, 0.1) is 38.3 Å². The van der Waals surface area contributed by atoms with Gasteiger partial charge in [0.25, 0.3) is 11.8 Å². The van der Waals surface area contributed by atoms with E-state index in [1.807, 2.05) is 19.1 Å². The standard InChI is InChI=1S/C53H71ClN6O18/c1-30-16-15-19-39(72-9)53(70)28-38(75-50(68)56-53)31(2)46-52(4,77-46)40(27-44(64)59(7)36-25-33(24-30)26-37(71-8)45(36)54)76-47(65)32(3)58(6)41(61)22-23-73-49(67)55-35(48(66)78-60-42(62)20-21-43(60)63)29-57(5)51(69)74-34-17-13-11-10-12-14-18-34/h13,15-17,19,25-26,31-32,34-35,38-40,46,70H,10-12,14,18,20-24,27-29H2,1-9H3,(H,55,67)(H,56,68)/b17-13+,19-15+,30-16+/t31-,32+,34?,35?,38+,39-,40+,46+,52?,53+/m1/s1. The highest BCUT2D eigenvalue weighted by Crippen LogP contribution is 2.49. The number of nitrogens with one attached hydrogen (secondary N) is 2. The summed E-state index contributed by atoms with van der Waals surface area (Å²) in [5.41, 5.74) is -1.41. The van der Waals surface area contributed by atoms with Crippen molar-refractivity contribution in [2.75, 3.05) is 53.4 Å². The number of imide groups is 1. The number of esters is 1. The molecule has 3 unspecified atom stereocenters. The Morgan fingerprint density at radius 3 is 2.41 bits per heavy atom. The lowest BCUT2D eigenvalue weighted by Crippen LogP contribution is -2.63. The van der Waals surface area contributed by atoms with E-state index in [1.54, 1.807) is 44.2 Å². The van der Waals surface area contributed by atoms with Crippen LogP contribution in [0.2, 0.25) is 5.02 Å². The molecule has 10 atom stereocenters. The second kappa shape index (κ2) is 26.3. The molecular weight excluding hydrogens is 1040 g/mol. The number of hydrogen-bond acceptors (Lipinski definition) is 18. The summed E-state index contributed by atoms with van der Waals surface area (Å²) in [4.78, 5) is 128. The molecule has 0 saturated carbocycles. The van der Waals surface area contributed by atoms with E-state index < -0.39 is 140 Å². The number of rotatable bonds is 14. The van der Waals surface area contributed by atoms with E-state index in [0.29, 0.717) is 24.3 Å². The van der Waals surface area contributed by atoms with Gasteiger partial charge in [-0.2, -0.15) is 0 Å². The lowest BCUT2D eigenvalue weighted by atomic mass is 9.83. The van der Waals surface area contributed by atoms with E-state index >= 15 is 0 Å². The molecule has 5 aliphatic rings. The van der Waals surface area contributed by atoms with E-state index in [1.165, 1.54) is 47.2 Å². The van der Waals surface area contributed by atoms with Crippen molar-refractivity contribution in [1.82, 2.24) is 25.5 Å². The molecule has 3 N–H and O–H groups in total. The van der Waals surface area contributed by atoms with Crippen LogP contribution >= 0.6 is 11.6 Å². The number of alkyl carbamates (subject to hydrolysis) is 2. The fraction of sp³-hybridized carbons (Fsp3) is 0.604. The van der Waals surface area contributed by atoms with Crippen LogP contribution in [0.4, 0.5) is 20.1 Å². The van der Waals surface area contributed by atoms with Crippen LogP contribution in [-0.4, -0.2) is 176 Å². The van der Waals surface area contributed by atoms with Crippen molar-refractivity contribution in [3.05, 3.63) is 58.7 Å². The number of ether oxygens (including phenoxy) is 7. The SMILES string of the molecule is COc1cc2cc(c1Cl)N(C)C(=O)C[C@H](OC(=O)[C@H](C)N(C)C(=O)CCOC(=O)NC(CN(C)C(=O)OC1/C=C/CCCCC1)C(=O)ON1C(=O)CCC1=O)C1(C)O[C@H]1[C@H](C)[C@@H]1C[C@@](O)(NC(=O)O1)[C@H](OC)/C=C/C=C(\C)C2. The number of likely N-dealkylation sites (N-methyl/N-ethyl adjacent to an activating group) is 2. The fourth-order valence-corrected chi connectivity index (χ4v) is 9.91. The molecule has 4 bridgehead atoms. The summed E-state index contributed by atoms with van der Waals surface area (Å²) >= 11 is 6.81. The van der Waals surface area contributed by atoms with Gasteiger partial charge in [-0.05, 0) is 76.6 Å². The van der Waals surface area contributed by atoms with Crippen molar-refractivity contribution in [3.63, 3.8) is 0 Å². The summed E-state index contributed by atoms with van der Waals surface area (Å²) < 4.78 is 40.1. The van der Waals surface area contributed by atoms with Gasteiger partial charge in [-0.25, -0.2) is 24.0 Å². The molecule has 1 aromatic rings. The normalized spacial score (nSPS) is 28.8. The predicted octanol–water partition coefficient (Wildman–Crippen LogP) is 4.56. The number of aliphatic hydroxyl groups is 1. The molecule has 4 heterocycles. The van der Waals surface area contributed by atoms with Gasteiger partial charge >= 0.3 is 30.2 Å². The first kappa shape index (κ1) is 60.5. The Kier molecular flexibility index (Phi) is 20.4. The Hall–Kier alpha value is -6.76. The van der Waals surface area contributed by atoms with E-state index in [-0.39, 0.29) is 29.3 Å². The smallest absolute Gasteiger partial charge is 0.410 e. The Morgan fingerprint density at radius 2 is 1.72 bits per heavy atom. The highest BCUT2D eigenvalue weighted by atomic mass is 35.5. The Balaban J connectivity index is 1.15. The van der Waals surface area contributed by atoms with Gasteiger partial charge < -0.3 is 63.1 Å². The maximum Gasteiger partial charge on any atom is 0.410 e. The maximum atomic E-state index is 14.4. The number of fused-ring (bicyclic) bond motifs is 5. The molecule has 0 aromatic heterocycles. The van der Waals surface area contributed by atoms with Crippen LogP contribution in [0.25, 0.3) is 0 Å². The lowest BCUT2D eigenvalue weighted by Gasteiger charge is -2.42. The number of amides is 7. The monoisotopic (exact) mass is 1110 g/mol. The maximum absolute atomic E-state index is 14.4. The van der Waals surface area contributed by atoms with Crippen molar-refractivity contribution in [2.45, 2.75) is 152 Å². The molecule has 24 nitrogen and oxygen atoms in total. The molecule has 0 radical (unpaired) electrons. The number of nitrogens with zero attached hydrogens (tertiary/aromatic N) is 4. The number of methoxy groups -OCH3 is 2. The topological polar surface area (TPSA) is 288 Å². The molecule has 3 fully saturated rings. The second-order valence-electron chi connectivity index (χ2n) is 20.3. The van der Waals surface area contributed by atoms with Crippen LogP contribution < -0.4 is 20.3 Å². The molecule has 25 heteroatoms. The number of carbonyl (C=O) groups is 9. The van der Waals surface area contributed by atoms with Gasteiger partial charge in [0.2, 0.25) is 11.8 Å². The summed E-state index contributed by atoms with van der Waals surface area (Å²) in [5, 5.41) is 17.0. The minimum atomic E-state index is -1.92. The number of carbonyl (C=O) groups excluding carboxylic acids is 9. The quantitative estimate of drug-likeness (QED) is 0.0756. The molecule has 0 spiro atoms. The van der Waals surface area contributed by atoms with Crippen molar-refractivity contribution in [3.8, 4) is 5.75 Å². The molecule has 3 saturated heterocycles. The van der Waals surface area contributed by atoms with Gasteiger partial charge in [0.1, 0.15) is 59.5 Å². The average Bonchev–Trinajstić information content (AvgIpc) is 4.14. The van der Waals surface area contributed by atoms with Crippen LogP contribution in [0.1, 0.15) is 97.5 Å². The van der Waals surface area contributed by atoms with Crippen molar-refractivity contribution < 1.29 is 86.3 Å². The first-order valence-corrected chi connectivity index (χ1v) is 26.2. The summed E-state index contributed by atoms with van der Waals surface area (Å²) in [6.45, 7) is 5.50. The third-order valence-corrected chi connectivity index (χ3v) is 14.9. The number of epoxide rings is 1.